The number of imide groups is 1. The van der Waals surface area contributed by atoms with Crippen molar-refractivity contribution in [2.75, 3.05) is 48.4 Å². The van der Waals surface area contributed by atoms with Gasteiger partial charge in [-0.05, 0) is 121 Å². The quantitative estimate of drug-likeness (QED) is 0.0957. The molecule has 2 N–H and O–H groups in total. The highest BCUT2D eigenvalue weighted by molar-refractivity contribution is 6.18. The van der Waals surface area contributed by atoms with Crippen molar-refractivity contribution in [1.29, 1.82) is 0 Å². The maximum atomic E-state index is 15.8. The number of hydrogen-bond acceptors (Lipinski definition) is 7. The van der Waals surface area contributed by atoms with Crippen molar-refractivity contribution < 1.29 is 19.1 Å². The minimum Gasteiger partial charge on any atom is -0.508 e. The van der Waals surface area contributed by atoms with Gasteiger partial charge >= 0.3 is 0 Å². The van der Waals surface area contributed by atoms with Gasteiger partial charge in [-0.2, -0.15) is 0 Å². The smallest absolute Gasteiger partial charge is 0.243 e. The molecule has 8 nitrogen and oxygen atoms in total. The Hall–Kier alpha value is -4.70. The second-order valence-electron chi connectivity index (χ2n) is 16.5. The fourth-order valence-electron chi connectivity index (χ4n) is 9.81. The van der Waals surface area contributed by atoms with E-state index in [0.717, 1.165) is 85.4 Å². The lowest BCUT2D eigenvalue weighted by Crippen LogP contribution is -2.58. The van der Waals surface area contributed by atoms with Gasteiger partial charge in [0.15, 0.2) is 0 Å². The number of carbonyl (C=O) groups excluding carboxylic acids is 2. The van der Waals surface area contributed by atoms with Gasteiger partial charge in [-0.15, -0.1) is 11.6 Å². The van der Waals surface area contributed by atoms with E-state index in [1.165, 1.54) is 11.3 Å². The molecule has 4 aromatic carbocycles. The van der Waals surface area contributed by atoms with Crippen molar-refractivity contribution >= 4 is 45.9 Å². The van der Waals surface area contributed by atoms with Crippen LogP contribution in [0, 0.1) is 11.7 Å². The largest absolute Gasteiger partial charge is 0.508 e. The summed E-state index contributed by atoms with van der Waals surface area (Å²) in [6.07, 6.45) is 3.82. The van der Waals surface area contributed by atoms with Crippen LogP contribution in [0.4, 0.5) is 15.8 Å². The summed E-state index contributed by atoms with van der Waals surface area (Å²) in [5.74, 6) is 0.691. The molecular formula is C47H53ClFN5O3. The molecule has 0 radical (unpaired) electrons. The molecule has 57 heavy (non-hydrogen) atoms. The van der Waals surface area contributed by atoms with Crippen LogP contribution in [0.5, 0.6) is 5.75 Å². The lowest BCUT2D eigenvalue weighted by Gasteiger charge is -2.47. The number of piperazine rings is 1. The van der Waals surface area contributed by atoms with Crippen LogP contribution in [0.2, 0.25) is 0 Å². The van der Waals surface area contributed by atoms with E-state index >= 15 is 4.39 Å². The number of allylic oxidation sites excluding steroid dienone is 1. The molecule has 298 valence electrons. The first-order valence-electron chi connectivity index (χ1n) is 20.5. The average molecular weight is 790 g/mol. The molecule has 3 fully saturated rings. The van der Waals surface area contributed by atoms with Crippen LogP contribution in [-0.4, -0.2) is 83.5 Å². The zero-order chi connectivity index (χ0) is 39.6. The number of hydrogen-bond donors (Lipinski definition) is 2. The highest BCUT2D eigenvalue weighted by Crippen LogP contribution is 2.38. The number of carbonyl (C=O) groups is 2. The lowest BCUT2D eigenvalue weighted by atomic mass is 9.88. The summed E-state index contributed by atoms with van der Waals surface area (Å²) in [6.45, 7) is 10.4. The van der Waals surface area contributed by atoms with Crippen LogP contribution in [-0.2, 0) is 22.7 Å². The minimum absolute atomic E-state index is 0.153. The number of rotatable bonds is 10. The van der Waals surface area contributed by atoms with Gasteiger partial charge in [-0.3, -0.25) is 24.7 Å². The molecule has 8 rings (SSSR count). The molecular weight excluding hydrogens is 737 g/mol. The predicted octanol–water partition coefficient (Wildman–Crippen LogP) is 8.06. The van der Waals surface area contributed by atoms with Gasteiger partial charge < -0.3 is 14.9 Å². The van der Waals surface area contributed by atoms with Crippen molar-refractivity contribution in [3.8, 4) is 5.75 Å². The molecule has 4 aliphatic rings. The third kappa shape index (κ3) is 8.47. The van der Waals surface area contributed by atoms with Crippen LogP contribution >= 0.6 is 11.6 Å². The van der Waals surface area contributed by atoms with Gasteiger partial charge in [0.1, 0.15) is 11.6 Å². The van der Waals surface area contributed by atoms with Crippen molar-refractivity contribution in [1.82, 2.24) is 15.1 Å². The van der Waals surface area contributed by atoms with Gasteiger partial charge in [-0.25, -0.2) is 4.39 Å². The van der Waals surface area contributed by atoms with E-state index < -0.39 is 0 Å². The van der Waals surface area contributed by atoms with Gasteiger partial charge in [-0.1, -0.05) is 54.6 Å². The molecule has 0 aliphatic carbocycles. The fraction of sp³-hybridized carbons (Fsp3) is 0.404. The summed E-state index contributed by atoms with van der Waals surface area (Å²) < 4.78 is 15.8. The number of phenols is 1. The van der Waals surface area contributed by atoms with Gasteiger partial charge in [0, 0.05) is 75.9 Å². The maximum Gasteiger partial charge on any atom is 0.243 e. The summed E-state index contributed by atoms with van der Waals surface area (Å²) in [5, 5.41) is 12.5. The Bertz CT molecular complexity index is 2090. The average Bonchev–Trinajstić information content (AvgIpc) is 3.61. The van der Waals surface area contributed by atoms with Crippen LogP contribution in [0.1, 0.15) is 73.8 Å². The zero-order valence-electron chi connectivity index (χ0n) is 33.0. The Balaban J connectivity index is 0.890. The molecule has 3 unspecified atom stereocenters. The molecule has 0 spiro atoms. The Morgan fingerprint density at radius 1 is 0.825 bits per heavy atom. The van der Waals surface area contributed by atoms with E-state index in [1.54, 1.807) is 18.2 Å². The van der Waals surface area contributed by atoms with Crippen LogP contribution in [0.25, 0.3) is 11.1 Å². The molecule has 0 aromatic heterocycles. The summed E-state index contributed by atoms with van der Waals surface area (Å²) in [5.41, 5.74) is 9.51. The molecule has 3 saturated heterocycles. The summed E-state index contributed by atoms with van der Waals surface area (Å²) in [4.78, 5) is 33.6. The van der Waals surface area contributed by atoms with Crippen molar-refractivity contribution in [2.45, 2.75) is 77.2 Å². The summed E-state index contributed by atoms with van der Waals surface area (Å²) in [6, 6.07) is 30.4. The zero-order valence-corrected chi connectivity index (χ0v) is 33.7. The number of fused-ring (bicyclic) bond motifs is 1. The summed E-state index contributed by atoms with van der Waals surface area (Å²) >= 11 is 6.37. The van der Waals surface area contributed by atoms with Crippen molar-refractivity contribution in [2.24, 2.45) is 5.92 Å². The highest BCUT2D eigenvalue weighted by Gasteiger charge is 2.37. The van der Waals surface area contributed by atoms with E-state index in [4.69, 9.17) is 11.6 Å². The highest BCUT2D eigenvalue weighted by atomic mass is 35.5. The number of halogens is 2. The second kappa shape index (κ2) is 17.0. The Morgan fingerprint density at radius 2 is 1.46 bits per heavy atom. The molecule has 4 heterocycles. The van der Waals surface area contributed by atoms with Crippen molar-refractivity contribution in [3.05, 3.63) is 125 Å². The third-order valence-corrected chi connectivity index (χ3v) is 12.7. The third-order valence-electron chi connectivity index (χ3n) is 12.5. The number of phenolic OH excluding ortho intramolecular Hbond substituents is 1. The monoisotopic (exact) mass is 789 g/mol. The number of alkyl halides is 1. The minimum atomic E-state index is -0.358. The number of amides is 2. The maximum absolute atomic E-state index is 15.8. The molecule has 3 atom stereocenters. The first-order valence-corrected chi connectivity index (χ1v) is 21.1. The molecule has 2 amide bonds. The predicted molar refractivity (Wildman–Crippen MR) is 227 cm³/mol. The second-order valence-corrected chi connectivity index (χ2v) is 16.8. The number of benzene rings is 4. The Labute approximate surface area is 340 Å². The molecule has 4 aliphatic heterocycles. The number of nitrogens with one attached hydrogen (secondary N) is 1. The van der Waals surface area contributed by atoms with Gasteiger partial charge in [0.2, 0.25) is 11.8 Å². The van der Waals surface area contributed by atoms with E-state index in [-0.39, 0.29) is 41.5 Å². The molecule has 0 bridgehead atoms. The molecule has 0 saturated carbocycles. The number of anilines is 2. The van der Waals surface area contributed by atoms with E-state index in [1.807, 2.05) is 24.3 Å². The van der Waals surface area contributed by atoms with Crippen LogP contribution in [0.15, 0.2) is 91.0 Å². The van der Waals surface area contributed by atoms with Crippen LogP contribution in [0.3, 0.4) is 0 Å². The van der Waals surface area contributed by atoms with Gasteiger partial charge in [0.05, 0.1) is 11.7 Å². The van der Waals surface area contributed by atoms with Crippen LogP contribution < -0.4 is 15.1 Å². The molecule has 4 aromatic rings. The topological polar surface area (TPSA) is 79.4 Å². The first-order chi connectivity index (χ1) is 27.6. The normalized spacial score (nSPS) is 22.7. The number of aromatic hydroxyl groups is 1. The lowest BCUT2D eigenvalue weighted by molar-refractivity contribution is -0.137. The first kappa shape index (κ1) is 39.1. The number of piperidine rings is 2. The summed E-state index contributed by atoms with van der Waals surface area (Å²) in [7, 11) is 0. The fourth-order valence-corrected chi connectivity index (χ4v) is 10.00. The molecule has 10 heteroatoms. The standard InChI is InChI=1S/C47H53ClFN5O3/c1-31-26-51(27-32(2)54(31)44-25-38-30-53(29-37(38)24-42(44)49)43-16-17-45(56)50-47(43)57)28-33-19-22-52(23-20-33)39-12-8-35(9-13-39)46(36-10-14-40(55)15-11-36)41(18-21-48)34-6-4-3-5-7-34/h3-15,24-25,31-33,43,55H,16-23,26-30H2,1-2H3,(H,50,56,57). The van der Waals surface area contributed by atoms with E-state index in [9.17, 15) is 14.7 Å². The van der Waals surface area contributed by atoms with Gasteiger partial charge in [0.25, 0.3) is 0 Å². The Morgan fingerprint density at radius 3 is 2.09 bits per heavy atom. The van der Waals surface area contributed by atoms with Crippen molar-refractivity contribution in [3.63, 3.8) is 0 Å². The SMILES string of the molecule is CC1CN(CC2CCN(c3ccc(C(=C(CCCl)c4ccccc4)c4ccc(O)cc4)cc3)CC2)CC(C)N1c1cc2c(cc1F)CN(C1CCC(=O)NC1=O)C2. The van der Waals surface area contributed by atoms with E-state index in [0.29, 0.717) is 43.4 Å². The number of nitrogens with zero attached hydrogens (tertiary/aromatic N) is 4. The Kier molecular flexibility index (Phi) is 11.7. The van der Waals surface area contributed by atoms with E-state index in [2.05, 4.69) is 87.3 Å².